The highest BCUT2D eigenvalue weighted by atomic mass is 16.6. The topological polar surface area (TPSA) is 111 Å². The minimum absolute atomic E-state index is 0. The number of benzene rings is 2. The first-order valence-corrected chi connectivity index (χ1v) is 19.2. The van der Waals surface area contributed by atoms with Crippen LogP contribution in [-0.2, 0) is 25.6 Å². The molecule has 0 atom stereocenters. The first-order valence-electron chi connectivity index (χ1n) is 19.2. The van der Waals surface area contributed by atoms with Crippen LogP contribution in [-0.4, -0.2) is 41.3 Å². The fourth-order valence-corrected chi connectivity index (χ4v) is 4.53. The van der Waals surface area contributed by atoms with Gasteiger partial charge in [0.2, 0.25) is 0 Å². The third kappa shape index (κ3) is 31.6. The summed E-state index contributed by atoms with van der Waals surface area (Å²) in [6, 6.07) is 11.5. The first kappa shape index (κ1) is 54.9. The van der Waals surface area contributed by atoms with Crippen LogP contribution < -0.4 is 11.1 Å². The van der Waals surface area contributed by atoms with Crippen molar-refractivity contribution < 1.29 is 24.2 Å². The predicted molar refractivity (Wildman–Crippen MR) is 223 cm³/mol. The average Bonchev–Trinajstić information content (AvgIpc) is 3.05. The highest BCUT2D eigenvalue weighted by Crippen LogP contribution is 2.32. The van der Waals surface area contributed by atoms with Gasteiger partial charge in [-0.25, -0.2) is 0 Å². The zero-order valence-corrected chi connectivity index (χ0v) is 35.0. The van der Waals surface area contributed by atoms with Crippen LogP contribution in [0.3, 0.4) is 0 Å². The van der Waals surface area contributed by atoms with Crippen molar-refractivity contribution in [2.24, 2.45) is 11.1 Å². The fraction of sp³-hybridized carbons (Fsp3) is 0.682. The highest BCUT2D eigenvalue weighted by molar-refractivity contribution is 5.84. The number of carbonyl (C=O) groups excluding carboxylic acids is 2. The van der Waals surface area contributed by atoms with Gasteiger partial charge in [0.25, 0.3) is 0 Å². The van der Waals surface area contributed by atoms with Crippen LogP contribution in [0, 0.1) is 5.41 Å². The maximum Gasteiger partial charge on any atom is 0.306 e. The van der Waals surface area contributed by atoms with Gasteiger partial charge in [0, 0.05) is 19.4 Å². The molecule has 2 aromatic carbocycles. The Balaban J connectivity index is -0.000000332. The molecule has 0 aliphatic heterocycles. The van der Waals surface area contributed by atoms with E-state index in [1.807, 2.05) is 101 Å². The number of allylic oxidation sites excluding steroid dienone is 2. The second-order valence-corrected chi connectivity index (χ2v) is 14.4. The molecule has 0 amide bonds. The molecule has 1 aliphatic carbocycles. The normalized spacial score (nSPS) is 12.0. The Labute approximate surface area is 315 Å². The molecular formula is C44H82N2O5. The number of aromatic hydroxyl groups is 1. The van der Waals surface area contributed by atoms with Gasteiger partial charge in [0.1, 0.15) is 17.0 Å². The van der Waals surface area contributed by atoms with Crippen LogP contribution in [0.1, 0.15) is 168 Å². The van der Waals surface area contributed by atoms with Crippen molar-refractivity contribution in [3.8, 4) is 5.75 Å². The number of phenols is 1. The molecule has 0 spiro atoms. The van der Waals surface area contributed by atoms with Gasteiger partial charge in [-0.2, -0.15) is 0 Å². The minimum atomic E-state index is -0.413. The van der Waals surface area contributed by atoms with Crippen molar-refractivity contribution >= 4 is 22.7 Å². The van der Waals surface area contributed by atoms with Crippen LogP contribution in [0.5, 0.6) is 5.75 Å². The number of ether oxygens (including phenoxy) is 2. The predicted octanol–water partition coefficient (Wildman–Crippen LogP) is 12.1. The lowest BCUT2D eigenvalue weighted by Gasteiger charge is -2.25. The molecule has 0 unspecified atom stereocenters. The molecule has 0 aromatic heterocycles. The van der Waals surface area contributed by atoms with E-state index >= 15 is 0 Å². The lowest BCUT2D eigenvalue weighted by molar-refractivity contribution is -0.156. The second kappa shape index (κ2) is 30.7. The maximum atomic E-state index is 11.6. The Bertz CT molecular complexity index is 1180. The van der Waals surface area contributed by atoms with E-state index in [9.17, 15) is 14.7 Å². The summed E-state index contributed by atoms with van der Waals surface area (Å²) in [5.74, 6) is -0.0294. The fourth-order valence-electron chi connectivity index (χ4n) is 4.53. The summed E-state index contributed by atoms with van der Waals surface area (Å²) in [6.07, 6.45) is 10.2. The third-order valence-electron chi connectivity index (χ3n) is 6.63. The van der Waals surface area contributed by atoms with Crippen LogP contribution in [0.15, 0.2) is 48.0 Å². The van der Waals surface area contributed by atoms with Crippen LogP contribution >= 0.6 is 0 Å². The van der Waals surface area contributed by atoms with E-state index in [1.165, 1.54) is 31.2 Å². The van der Waals surface area contributed by atoms with Gasteiger partial charge in [0.05, 0.1) is 0 Å². The van der Waals surface area contributed by atoms with E-state index in [0.29, 0.717) is 31.2 Å². The van der Waals surface area contributed by atoms with Crippen molar-refractivity contribution in [3.05, 3.63) is 53.6 Å². The Hall–Kier alpha value is -2.90. The van der Waals surface area contributed by atoms with E-state index in [4.69, 9.17) is 15.2 Å². The highest BCUT2D eigenvalue weighted by Gasteiger charge is 2.18. The summed E-state index contributed by atoms with van der Waals surface area (Å²) in [5, 5.41) is 14.9. The number of esters is 2. The Morgan fingerprint density at radius 3 is 1.67 bits per heavy atom. The monoisotopic (exact) mass is 719 g/mol. The largest absolute Gasteiger partial charge is 0.508 e. The van der Waals surface area contributed by atoms with Crippen molar-refractivity contribution in [1.82, 2.24) is 5.32 Å². The summed E-state index contributed by atoms with van der Waals surface area (Å²) in [5.41, 5.74) is 7.73. The molecule has 51 heavy (non-hydrogen) atoms. The summed E-state index contributed by atoms with van der Waals surface area (Å²) < 4.78 is 10.3. The molecule has 0 heterocycles. The summed E-state index contributed by atoms with van der Waals surface area (Å²) >= 11 is 0. The number of hydrogen-bond acceptors (Lipinski definition) is 7. The van der Waals surface area contributed by atoms with Gasteiger partial charge in [-0.3, -0.25) is 9.59 Å². The lowest BCUT2D eigenvalue weighted by atomic mass is 9.80. The number of fused-ring (bicyclic) bond motifs is 1. The van der Waals surface area contributed by atoms with Crippen molar-refractivity contribution in [3.63, 3.8) is 0 Å². The lowest BCUT2D eigenvalue weighted by Crippen LogP contribution is -2.24. The van der Waals surface area contributed by atoms with E-state index in [-0.39, 0.29) is 30.7 Å². The van der Waals surface area contributed by atoms with Crippen LogP contribution in [0.2, 0.25) is 0 Å². The number of hydrogen-bond donors (Lipinski definition) is 3. The van der Waals surface area contributed by atoms with Crippen molar-refractivity contribution in [2.45, 2.75) is 180 Å². The van der Waals surface area contributed by atoms with Crippen LogP contribution in [0.4, 0.5) is 0 Å². The number of nitrogens with one attached hydrogen (secondary N) is 1. The Kier molecular flexibility index (Phi) is 33.0. The van der Waals surface area contributed by atoms with Gasteiger partial charge in [0.15, 0.2) is 0 Å². The third-order valence-corrected chi connectivity index (χ3v) is 6.63. The van der Waals surface area contributed by atoms with E-state index < -0.39 is 5.60 Å². The molecule has 0 bridgehead atoms. The molecule has 7 nitrogen and oxygen atoms in total. The molecule has 2 aromatic rings. The Morgan fingerprint density at radius 1 is 0.745 bits per heavy atom. The van der Waals surface area contributed by atoms with Crippen molar-refractivity contribution in [2.75, 3.05) is 13.1 Å². The van der Waals surface area contributed by atoms with E-state index in [1.54, 1.807) is 17.7 Å². The molecule has 1 aliphatic rings. The second-order valence-electron chi connectivity index (χ2n) is 14.4. The summed E-state index contributed by atoms with van der Waals surface area (Å²) in [6.45, 7) is 32.2. The molecule has 0 radical (unpaired) electrons. The van der Waals surface area contributed by atoms with Gasteiger partial charge in [-0.15, -0.1) is 0 Å². The number of phenolic OH excluding ortho intramolecular Hbond substituents is 1. The number of carbonyl (C=O) groups is 2. The molecule has 3 rings (SSSR count). The van der Waals surface area contributed by atoms with Crippen LogP contribution in [0.25, 0.3) is 10.8 Å². The van der Waals surface area contributed by atoms with Gasteiger partial charge in [-0.05, 0) is 133 Å². The quantitative estimate of drug-likeness (QED) is 0.134. The van der Waals surface area contributed by atoms with E-state index in [2.05, 4.69) is 38.2 Å². The molecule has 0 fully saturated rings. The minimum Gasteiger partial charge on any atom is -0.508 e. The zero-order chi connectivity index (χ0) is 39.4. The van der Waals surface area contributed by atoms with Gasteiger partial charge in [-0.1, -0.05) is 99.6 Å². The standard InChI is InChI=1S/C19H25NO3.C10H18.C8H17NO2.3C2H6.CH4/c1-19(2,3)23-18(22)5-4-10-20-13-14-6-7-16-12-17(21)9-8-15(16)11-14;1-10(2,3)9-7-5-4-6-8-9;1-8(2,3)11-7(10)5-4-6-9;3*1-2;/h6-9,11-12,20-21H,4-5,10,13H2,1-3H3;7H,4-6,8H2,1-3H3;4-6,9H2,1-3H3;3*1-2H3;1H4. The smallest absolute Gasteiger partial charge is 0.306 e. The zero-order valence-electron chi connectivity index (χ0n) is 35.0. The SMILES string of the molecule is C.CC.CC.CC.CC(C)(C)C1=CCCCC1.CC(C)(C)OC(=O)CCCN.CC(C)(C)OC(=O)CCCNCc1ccc2cc(O)ccc2c1. The number of rotatable bonds is 9. The molecule has 0 saturated carbocycles. The average molecular weight is 719 g/mol. The van der Waals surface area contributed by atoms with Gasteiger partial charge < -0.3 is 25.6 Å². The summed E-state index contributed by atoms with van der Waals surface area (Å²) in [7, 11) is 0. The van der Waals surface area contributed by atoms with E-state index in [0.717, 1.165) is 30.3 Å². The number of nitrogens with two attached hydrogens (primary N) is 1. The molecule has 7 heteroatoms. The molecular weight excluding hydrogens is 636 g/mol. The molecule has 298 valence electrons. The summed E-state index contributed by atoms with van der Waals surface area (Å²) in [4.78, 5) is 22.5. The molecule has 4 N–H and O–H groups in total. The molecule has 0 saturated heterocycles. The van der Waals surface area contributed by atoms with Gasteiger partial charge >= 0.3 is 11.9 Å². The first-order chi connectivity index (χ1) is 23.4. The maximum absolute atomic E-state index is 11.6. The van der Waals surface area contributed by atoms with Crippen molar-refractivity contribution in [1.29, 1.82) is 0 Å². The Morgan fingerprint density at radius 2 is 1.24 bits per heavy atom.